The Morgan fingerprint density at radius 1 is 1.23 bits per heavy atom. The molecule has 1 aliphatic heterocycles. The summed E-state index contributed by atoms with van der Waals surface area (Å²) in [5, 5.41) is 2.83. The average Bonchev–Trinajstić information content (AvgIpc) is 2.30. The van der Waals surface area contributed by atoms with E-state index in [1.54, 1.807) is 26.8 Å². The first kappa shape index (κ1) is 16.5. The lowest BCUT2D eigenvalue weighted by Gasteiger charge is -2.40. The van der Waals surface area contributed by atoms with E-state index >= 15 is 0 Å². The first-order valence-corrected chi connectivity index (χ1v) is 6.97. The summed E-state index contributed by atoms with van der Waals surface area (Å²) in [6, 6.07) is 5.10. The molecule has 1 N–H and O–H groups in total. The maximum atomic E-state index is 12.9. The van der Waals surface area contributed by atoms with Crippen molar-refractivity contribution in [2.45, 2.75) is 38.6 Å². The molecule has 0 aromatic heterocycles. The Balaban J connectivity index is 1.93. The first-order chi connectivity index (χ1) is 10.1. The van der Waals surface area contributed by atoms with Crippen molar-refractivity contribution in [1.29, 1.82) is 0 Å². The number of alkyl halides is 3. The van der Waals surface area contributed by atoms with E-state index in [1.165, 1.54) is 17.0 Å². The summed E-state index contributed by atoms with van der Waals surface area (Å²) >= 11 is 0. The largest absolute Gasteiger partial charge is 0.444 e. The fourth-order valence-corrected chi connectivity index (χ4v) is 2.12. The predicted molar refractivity (Wildman–Crippen MR) is 76.7 cm³/mol. The number of nitrogens with one attached hydrogen (secondary N) is 1. The lowest BCUT2D eigenvalue weighted by molar-refractivity contribution is -0.137. The quantitative estimate of drug-likeness (QED) is 0.904. The molecular weight excluding hydrogens is 297 g/mol. The Morgan fingerprint density at radius 2 is 1.82 bits per heavy atom. The summed E-state index contributed by atoms with van der Waals surface area (Å²) in [4.78, 5) is 13.2. The van der Waals surface area contributed by atoms with Crippen LogP contribution in [0.4, 0.5) is 23.7 Å². The summed E-state index contributed by atoms with van der Waals surface area (Å²) in [5.41, 5.74) is -1.26. The van der Waals surface area contributed by atoms with Gasteiger partial charge in [-0.25, -0.2) is 4.79 Å². The zero-order chi connectivity index (χ0) is 16.5. The van der Waals surface area contributed by atoms with Crippen molar-refractivity contribution in [2.75, 3.05) is 18.4 Å². The molecule has 1 heterocycles. The number of carbonyl (C=O) groups excluding carboxylic acids is 1. The fourth-order valence-electron chi connectivity index (χ4n) is 2.12. The zero-order valence-electron chi connectivity index (χ0n) is 12.7. The summed E-state index contributed by atoms with van der Waals surface area (Å²) in [5.74, 6) is 0. The van der Waals surface area contributed by atoms with E-state index in [0.29, 0.717) is 13.1 Å². The Hall–Kier alpha value is -1.92. The highest BCUT2D eigenvalue weighted by molar-refractivity contribution is 5.70. The van der Waals surface area contributed by atoms with Gasteiger partial charge in [-0.3, -0.25) is 0 Å². The van der Waals surface area contributed by atoms with Gasteiger partial charge in [-0.15, -0.1) is 0 Å². The summed E-state index contributed by atoms with van der Waals surface area (Å²) in [7, 11) is 0. The Bertz CT molecular complexity index is 546. The third-order valence-electron chi connectivity index (χ3n) is 3.13. The molecule has 22 heavy (non-hydrogen) atoms. The molecule has 1 amide bonds. The van der Waals surface area contributed by atoms with Crippen LogP contribution < -0.4 is 5.32 Å². The minimum absolute atomic E-state index is 0.0313. The SMILES string of the molecule is CC(C)(C)OC(=O)N1CC(Nc2ccccc2C(F)(F)F)C1. The van der Waals surface area contributed by atoms with Gasteiger partial charge in [-0.1, -0.05) is 12.1 Å². The Kier molecular flexibility index (Phi) is 4.26. The Labute approximate surface area is 127 Å². The average molecular weight is 316 g/mol. The molecule has 0 atom stereocenters. The van der Waals surface area contributed by atoms with Gasteiger partial charge in [0.05, 0.1) is 11.6 Å². The number of hydrogen-bond donors (Lipinski definition) is 1. The number of anilines is 1. The Morgan fingerprint density at radius 3 is 2.36 bits per heavy atom. The van der Waals surface area contributed by atoms with E-state index in [4.69, 9.17) is 4.74 Å². The predicted octanol–water partition coefficient (Wildman–Crippen LogP) is 3.74. The number of ether oxygens (including phenoxy) is 1. The maximum Gasteiger partial charge on any atom is 0.418 e. The molecule has 0 bridgehead atoms. The molecule has 0 aliphatic carbocycles. The second kappa shape index (κ2) is 5.70. The smallest absolute Gasteiger partial charge is 0.418 e. The van der Waals surface area contributed by atoms with Crippen molar-refractivity contribution in [3.05, 3.63) is 29.8 Å². The third kappa shape index (κ3) is 4.05. The van der Waals surface area contributed by atoms with Crippen LogP contribution in [0.1, 0.15) is 26.3 Å². The van der Waals surface area contributed by atoms with Gasteiger partial charge < -0.3 is 15.0 Å². The molecule has 122 valence electrons. The number of nitrogens with zero attached hydrogens (tertiary/aromatic N) is 1. The van der Waals surface area contributed by atoms with Crippen molar-refractivity contribution < 1.29 is 22.7 Å². The van der Waals surface area contributed by atoms with Gasteiger partial charge in [0.15, 0.2) is 0 Å². The lowest BCUT2D eigenvalue weighted by atomic mass is 10.1. The molecular formula is C15H19F3N2O2. The number of likely N-dealkylation sites (tertiary alicyclic amines) is 1. The van der Waals surface area contributed by atoms with Crippen molar-refractivity contribution >= 4 is 11.8 Å². The highest BCUT2D eigenvalue weighted by atomic mass is 19.4. The van der Waals surface area contributed by atoms with Crippen LogP contribution in [-0.2, 0) is 10.9 Å². The van der Waals surface area contributed by atoms with Crippen LogP contribution in [0.5, 0.6) is 0 Å². The first-order valence-electron chi connectivity index (χ1n) is 6.97. The molecule has 1 aliphatic rings. The van der Waals surface area contributed by atoms with E-state index in [0.717, 1.165) is 6.07 Å². The number of benzene rings is 1. The summed E-state index contributed by atoms with van der Waals surface area (Å²) < 4.78 is 43.9. The molecule has 0 spiro atoms. The van der Waals surface area contributed by atoms with Gasteiger partial charge in [0.2, 0.25) is 0 Å². The highest BCUT2D eigenvalue weighted by Crippen LogP contribution is 2.35. The molecule has 1 saturated heterocycles. The highest BCUT2D eigenvalue weighted by Gasteiger charge is 2.37. The molecule has 0 radical (unpaired) electrons. The van der Waals surface area contributed by atoms with Crippen LogP contribution in [0, 0.1) is 0 Å². The molecule has 7 heteroatoms. The van der Waals surface area contributed by atoms with Crippen LogP contribution in [0.3, 0.4) is 0 Å². The number of rotatable bonds is 2. The van der Waals surface area contributed by atoms with Gasteiger partial charge in [-0.05, 0) is 32.9 Å². The number of halogens is 3. The van der Waals surface area contributed by atoms with E-state index < -0.39 is 23.4 Å². The van der Waals surface area contributed by atoms with Gasteiger partial charge in [-0.2, -0.15) is 13.2 Å². The van der Waals surface area contributed by atoms with E-state index in [1.807, 2.05) is 0 Å². The van der Waals surface area contributed by atoms with Crippen molar-refractivity contribution in [1.82, 2.24) is 4.90 Å². The molecule has 1 aromatic rings. The van der Waals surface area contributed by atoms with Crippen LogP contribution in [0.25, 0.3) is 0 Å². The second-order valence-corrected chi connectivity index (χ2v) is 6.27. The number of para-hydroxylation sites is 1. The number of hydrogen-bond acceptors (Lipinski definition) is 3. The molecule has 1 aromatic carbocycles. The van der Waals surface area contributed by atoms with Gasteiger partial charge >= 0.3 is 12.3 Å². The van der Waals surface area contributed by atoms with Crippen molar-refractivity contribution in [3.8, 4) is 0 Å². The maximum absolute atomic E-state index is 12.9. The molecule has 0 saturated carbocycles. The minimum atomic E-state index is -4.40. The van der Waals surface area contributed by atoms with Crippen LogP contribution >= 0.6 is 0 Å². The summed E-state index contributed by atoms with van der Waals surface area (Å²) in [6.45, 7) is 5.93. The zero-order valence-corrected chi connectivity index (χ0v) is 12.7. The molecule has 2 rings (SSSR count). The minimum Gasteiger partial charge on any atom is -0.444 e. The van der Waals surface area contributed by atoms with Crippen molar-refractivity contribution in [3.63, 3.8) is 0 Å². The third-order valence-corrected chi connectivity index (χ3v) is 3.13. The monoisotopic (exact) mass is 316 g/mol. The van der Waals surface area contributed by atoms with Crippen LogP contribution in [0.15, 0.2) is 24.3 Å². The van der Waals surface area contributed by atoms with Crippen LogP contribution in [0.2, 0.25) is 0 Å². The number of carbonyl (C=O) groups is 1. The molecule has 4 nitrogen and oxygen atoms in total. The van der Waals surface area contributed by atoms with Crippen molar-refractivity contribution in [2.24, 2.45) is 0 Å². The fraction of sp³-hybridized carbons (Fsp3) is 0.533. The molecule has 1 fully saturated rings. The normalized spacial score (nSPS) is 16.2. The standard InChI is InChI=1S/C15H19F3N2O2/c1-14(2,3)22-13(21)20-8-10(9-20)19-12-7-5-4-6-11(12)15(16,17)18/h4-7,10,19H,8-9H2,1-3H3. The molecule has 0 unspecified atom stereocenters. The lowest BCUT2D eigenvalue weighted by Crippen LogP contribution is -2.58. The topological polar surface area (TPSA) is 41.6 Å². The van der Waals surface area contributed by atoms with Gasteiger partial charge in [0.25, 0.3) is 0 Å². The number of amides is 1. The van der Waals surface area contributed by atoms with E-state index in [-0.39, 0.29) is 11.7 Å². The van der Waals surface area contributed by atoms with E-state index in [9.17, 15) is 18.0 Å². The summed E-state index contributed by atoms with van der Waals surface area (Å²) in [6.07, 6.45) is -4.85. The second-order valence-electron chi connectivity index (χ2n) is 6.27. The van der Waals surface area contributed by atoms with E-state index in [2.05, 4.69) is 5.32 Å². The van der Waals surface area contributed by atoms with Gasteiger partial charge in [0, 0.05) is 18.8 Å². The van der Waals surface area contributed by atoms with Crippen LogP contribution in [-0.4, -0.2) is 35.7 Å². The van der Waals surface area contributed by atoms with Gasteiger partial charge in [0.1, 0.15) is 5.60 Å².